The first-order valence-electron chi connectivity index (χ1n) is 8.34. The molecule has 1 aromatic rings. The van der Waals surface area contributed by atoms with Gasteiger partial charge in [0, 0.05) is 44.6 Å². The van der Waals surface area contributed by atoms with Crippen LogP contribution in [-0.4, -0.2) is 65.3 Å². The van der Waals surface area contributed by atoms with Gasteiger partial charge >= 0.3 is 6.03 Å². The van der Waals surface area contributed by atoms with E-state index in [9.17, 15) is 4.79 Å². The molecule has 0 saturated carbocycles. The van der Waals surface area contributed by atoms with Gasteiger partial charge in [-0.25, -0.2) is 14.8 Å². The molecule has 2 fully saturated rings. The molecule has 2 aliphatic heterocycles. The normalized spacial score (nSPS) is 26.2. The zero-order valence-electron chi connectivity index (χ0n) is 13.8. The Hall–Kier alpha value is -1.89. The van der Waals surface area contributed by atoms with Crippen molar-refractivity contribution in [3.05, 3.63) is 18.5 Å². The number of ether oxygens (including phenoxy) is 1. The van der Waals surface area contributed by atoms with Crippen LogP contribution >= 0.6 is 0 Å². The Balaban J connectivity index is 1.48. The largest absolute Gasteiger partial charge is 0.372 e. The van der Waals surface area contributed by atoms with Gasteiger partial charge in [0.25, 0.3) is 0 Å². The summed E-state index contributed by atoms with van der Waals surface area (Å²) in [5.74, 6) is 0.771. The molecule has 0 unspecified atom stereocenters. The number of urea groups is 1. The predicted molar refractivity (Wildman–Crippen MR) is 87.4 cm³/mol. The molecule has 126 valence electrons. The number of rotatable bonds is 2. The first kappa shape index (κ1) is 16.0. The van der Waals surface area contributed by atoms with E-state index in [0.717, 1.165) is 31.9 Å². The number of amides is 2. The molecular weight excluding hydrogens is 294 g/mol. The van der Waals surface area contributed by atoms with Crippen LogP contribution in [-0.2, 0) is 4.74 Å². The molecule has 7 heteroatoms. The Morgan fingerprint density at radius 1 is 1.17 bits per heavy atom. The van der Waals surface area contributed by atoms with Crippen molar-refractivity contribution in [3.8, 4) is 0 Å². The average molecular weight is 319 g/mol. The van der Waals surface area contributed by atoms with Gasteiger partial charge in [-0.3, -0.25) is 0 Å². The molecular formula is C16H25N5O2. The van der Waals surface area contributed by atoms with Crippen molar-refractivity contribution in [2.24, 2.45) is 0 Å². The number of morpholine rings is 1. The highest BCUT2D eigenvalue weighted by molar-refractivity contribution is 5.74. The van der Waals surface area contributed by atoms with Crippen LogP contribution in [0.5, 0.6) is 0 Å². The lowest BCUT2D eigenvalue weighted by Gasteiger charge is -2.37. The van der Waals surface area contributed by atoms with Gasteiger partial charge in [-0.1, -0.05) is 0 Å². The maximum atomic E-state index is 12.4. The highest BCUT2D eigenvalue weighted by atomic mass is 16.5. The number of hydrogen-bond donors (Lipinski definition) is 1. The number of carbonyl (C=O) groups is 1. The van der Waals surface area contributed by atoms with Crippen molar-refractivity contribution in [3.63, 3.8) is 0 Å². The van der Waals surface area contributed by atoms with Gasteiger partial charge in [-0.15, -0.1) is 0 Å². The number of nitrogens with one attached hydrogen (secondary N) is 1. The van der Waals surface area contributed by atoms with Gasteiger partial charge in [0.15, 0.2) is 0 Å². The molecule has 3 rings (SSSR count). The fraction of sp³-hybridized carbons (Fsp3) is 0.688. The van der Waals surface area contributed by atoms with E-state index in [4.69, 9.17) is 4.74 Å². The van der Waals surface area contributed by atoms with Crippen LogP contribution in [0.25, 0.3) is 0 Å². The van der Waals surface area contributed by atoms with E-state index < -0.39 is 0 Å². The monoisotopic (exact) mass is 319 g/mol. The molecule has 1 aromatic heterocycles. The minimum atomic E-state index is 0.0291. The van der Waals surface area contributed by atoms with E-state index in [-0.39, 0.29) is 24.3 Å². The lowest BCUT2D eigenvalue weighted by atomic mass is 10.1. The first-order chi connectivity index (χ1) is 11.1. The van der Waals surface area contributed by atoms with Crippen LogP contribution in [0.15, 0.2) is 18.5 Å². The first-order valence-corrected chi connectivity index (χ1v) is 8.34. The molecule has 7 nitrogen and oxygen atoms in total. The molecule has 0 aromatic carbocycles. The molecule has 0 aliphatic carbocycles. The Morgan fingerprint density at radius 2 is 1.78 bits per heavy atom. The fourth-order valence-electron chi connectivity index (χ4n) is 3.29. The zero-order valence-corrected chi connectivity index (χ0v) is 13.8. The molecule has 0 radical (unpaired) electrons. The number of aromatic nitrogens is 2. The second-order valence-corrected chi connectivity index (χ2v) is 6.42. The summed E-state index contributed by atoms with van der Waals surface area (Å²) in [5.41, 5.74) is 0. The van der Waals surface area contributed by atoms with Crippen LogP contribution < -0.4 is 10.2 Å². The molecule has 0 bridgehead atoms. The summed E-state index contributed by atoms with van der Waals surface area (Å²) in [7, 11) is 0. The number of hydrogen-bond acceptors (Lipinski definition) is 5. The summed E-state index contributed by atoms with van der Waals surface area (Å²) in [4.78, 5) is 25.0. The molecule has 2 amide bonds. The van der Waals surface area contributed by atoms with Gasteiger partial charge in [-0.2, -0.15) is 0 Å². The van der Waals surface area contributed by atoms with E-state index in [1.54, 1.807) is 12.4 Å². The third-order valence-corrected chi connectivity index (χ3v) is 4.36. The Kier molecular flexibility index (Phi) is 4.95. The Labute approximate surface area is 137 Å². The molecule has 2 aliphatic rings. The number of piperidine rings is 1. The van der Waals surface area contributed by atoms with Crippen molar-refractivity contribution in [2.45, 2.75) is 44.9 Å². The summed E-state index contributed by atoms with van der Waals surface area (Å²) < 4.78 is 5.68. The van der Waals surface area contributed by atoms with Gasteiger partial charge in [0.1, 0.15) is 0 Å². The van der Waals surface area contributed by atoms with Crippen molar-refractivity contribution in [1.29, 1.82) is 0 Å². The summed E-state index contributed by atoms with van der Waals surface area (Å²) in [6.07, 6.45) is 5.55. The summed E-state index contributed by atoms with van der Waals surface area (Å²) in [6, 6.07) is 2.07. The predicted octanol–water partition coefficient (Wildman–Crippen LogP) is 1.26. The van der Waals surface area contributed by atoms with Crippen molar-refractivity contribution in [1.82, 2.24) is 20.2 Å². The SMILES string of the molecule is C[C@@H]1CN(C(=O)NC2CCN(c3ncccn3)CC2)C[C@@H](C)O1. The lowest BCUT2D eigenvalue weighted by molar-refractivity contribution is -0.0548. The van der Waals surface area contributed by atoms with Crippen LogP contribution in [0.3, 0.4) is 0 Å². The van der Waals surface area contributed by atoms with Crippen molar-refractivity contribution in [2.75, 3.05) is 31.1 Å². The van der Waals surface area contributed by atoms with E-state index >= 15 is 0 Å². The van der Waals surface area contributed by atoms with Crippen LogP contribution in [0, 0.1) is 0 Å². The van der Waals surface area contributed by atoms with Crippen molar-refractivity contribution < 1.29 is 9.53 Å². The molecule has 0 spiro atoms. The quantitative estimate of drug-likeness (QED) is 0.889. The third kappa shape index (κ3) is 4.10. The molecule has 23 heavy (non-hydrogen) atoms. The van der Waals surface area contributed by atoms with E-state index in [0.29, 0.717) is 13.1 Å². The van der Waals surface area contributed by atoms with Gasteiger partial charge in [0.2, 0.25) is 5.95 Å². The van der Waals surface area contributed by atoms with Gasteiger partial charge in [0.05, 0.1) is 12.2 Å². The number of carbonyl (C=O) groups excluding carboxylic acids is 1. The fourth-order valence-corrected chi connectivity index (χ4v) is 3.29. The van der Waals surface area contributed by atoms with Crippen LogP contribution in [0.2, 0.25) is 0 Å². The summed E-state index contributed by atoms with van der Waals surface area (Å²) in [5, 5.41) is 3.17. The highest BCUT2D eigenvalue weighted by Gasteiger charge is 2.28. The average Bonchev–Trinajstić information content (AvgIpc) is 2.55. The third-order valence-electron chi connectivity index (χ3n) is 4.36. The van der Waals surface area contributed by atoms with Crippen LogP contribution in [0.1, 0.15) is 26.7 Å². The van der Waals surface area contributed by atoms with E-state index in [2.05, 4.69) is 20.2 Å². The smallest absolute Gasteiger partial charge is 0.317 e. The number of nitrogens with zero attached hydrogens (tertiary/aromatic N) is 4. The zero-order chi connectivity index (χ0) is 16.2. The van der Waals surface area contributed by atoms with Gasteiger partial charge in [-0.05, 0) is 32.8 Å². The van der Waals surface area contributed by atoms with Gasteiger partial charge < -0.3 is 19.9 Å². The van der Waals surface area contributed by atoms with Crippen LogP contribution in [0.4, 0.5) is 10.7 Å². The lowest BCUT2D eigenvalue weighted by Crippen LogP contribution is -2.55. The molecule has 2 atom stereocenters. The maximum Gasteiger partial charge on any atom is 0.317 e. The minimum Gasteiger partial charge on any atom is -0.372 e. The molecule has 1 N–H and O–H groups in total. The summed E-state index contributed by atoms with van der Waals surface area (Å²) >= 11 is 0. The number of anilines is 1. The summed E-state index contributed by atoms with van der Waals surface area (Å²) in [6.45, 7) is 7.07. The topological polar surface area (TPSA) is 70.6 Å². The van der Waals surface area contributed by atoms with E-state index in [1.807, 2.05) is 24.8 Å². The Morgan fingerprint density at radius 3 is 2.39 bits per heavy atom. The second kappa shape index (κ2) is 7.12. The minimum absolute atomic E-state index is 0.0291. The standard InChI is InChI=1S/C16H25N5O2/c1-12-10-21(11-13(2)23-12)16(22)19-14-4-8-20(9-5-14)15-17-6-3-7-18-15/h3,6-7,12-14H,4-5,8-11H2,1-2H3,(H,19,22)/t12-,13-/m1/s1. The van der Waals surface area contributed by atoms with E-state index in [1.165, 1.54) is 0 Å². The highest BCUT2D eigenvalue weighted by Crippen LogP contribution is 2.16. The second-order valence-electron chi connectivity index (χ2n) is 6.42. The molecule has 2 saturated heterocycles. The molecule has 3 heterocycles. The Bertz CT molecular complexity index is 508. The van der Waals surface area contributed by atoms with Crippen molar-refractivity contribution >= 4 is 12.0 Å². The maximum absolute atomic E-state index is 12.4.